The molecule has 3 aromatic rings. The largest absolute Gasteiger partial charge is 0.485 e. The molecule has 2 heterocycles. The molecule has 0 fully saturated rings. The van der Waals surface area contributed by atoms with Gasteiger partial charge in [-0.25, -0.2) is 18.4 Å². The molecule has 1 amide bonds. The Morgan fingerprint density at radius 3 is 2.31 bits per heavy atom. The maximum absolute atomic E-state index is 12.8. The van der Waals surface area contributed by atoms with Crippen LogP contribution in [0, 0.1) is 6.92 Å². The molecule has 0 spiro atoms. The first kappa shape index (κ1) is 24.0. The first-order valence-corrected chi connectivity index (χ1v) is 12.6. The van der Waals surface area contributed by atoms with E-state index < -0.39 is 10.0 Å². The second-order valence-electron chi connectivity index (χ2n) is 8.09. The number of rotatable bonds is 6. The van der Waals surface area contributed by atoms with Crippen LogP contribution in [0.3, 0.4) is 0 Å². The van der Waals surface area contributed by atoms with E-state index in [1.807, 2.05) is 27.7 Å². The number of carbonyl (C=O) groups excluding carboxylic acids is 1. The van der Waals surface area contributed by atoms with Gasteiger partial charge in [0.25, 0.3) is 5.91 Å². The third kappa shape index (κ3) is 6.65. The number of hydrogen-bond acceptors (Lipinski definition) is 7. The average molecular weight is 495 g/mol. The lowest BCUT2D eigenvalue weighted by atomic mass is 10.2. The Bertz CT molecular complexity index is 1250. The number of aryl methyl sites for hydroxylation is 1. The summed E-state index contributed by atoms with van der Waals surface area (Å²) in [6, 6.07) is 6.19. The summed E-state index contributed by atoms with van der Waals surface area (Å²) in [6.07, 6.45) is 4.24. The minimum absolute atomic E-state index is 0.254. The monoisotopic (exact) mass is 494 g/mol. The zero-order chi connectivity index (χ0) is 23.7. The van der Waals surface area contributed by atoms with E-state index in [0.717, 1.165) is 16.7 Å². The summed E-state index contributed by atoms with van der Waals surface area (Å²) < 4.78 is 31.0. The molecule has 170 valence electrons. The third-order valence-electron chi connectivity index (χ3n) is 3.89. The maximum Gasteiger partial charge on any atom is 0.265 e. The van der Waals surface area contributed by atoms with Gasteiger partial charge in [0.2, 0.25) is 10.0 Å². The third-order valence-corrected chi connectivity index (χ3v) is 5.77. The predicted octanol–water partition coefficient (Wildman–Crippen LogP) is 4.97. The summed E-state index contributed by atoms with van der Waals surface area (Å²) >= 11 is 7.36. The number of carbonyl (C=O) groups is 1. The van der Waals surface area contributed by atoms with Gasteiger partial charge in [-0.05, 0) is 52.0 Å². The van der Waals surface area contributed by atoms with Crippen LogP contribution in [0.2, 0.25) is 5.02 Å². The number of hydrogen-bond donors (Lipinski definition) is 2. The number of benzene rings is 1. The lowest BCUT2D eigenvalue weighted by molar-refractivity contribution is 0.103. The fourth-order valence-electron chi connectivity index (χ4n) is 2.81. The molecular formula is C21H23ClN4O4S2. The van der Waals surface area contributed by atoms with Crippen molar-refractivity contribution in [3.8, 4) is 17.1 Å². The van der Waals surface area contributed by atoms with E-state index in [0.29, 0.717) is 22.1 Å². The predicted molar refractivity (Wildman–Crippen MR) is 128 cm³/mol. The van der Waals surface area contributed by atoms with Crippen LogP contribution in [-0.4, -0.2) is 36.1 Å². The SMILES string of the molecule is Cc1sc(C(=O)Nc2cc(Cl)cc(NS(C)(=O)=O)c2)cc1-c1ncc(OC(C)(C)C)cn1. The Labute approximate surface area is 196 Å². The van der Waals surface area contributed by atoms with Crippen LogP contribution in [0.15, 0.2) is 36.7 Å². The summed E-state index contributed by atoms with van der Waals surface area (Å²) in [7, 11) is -3.48. The molecule has 0 unspecified atom stereocenters. The van der Waals surface area contributed by atoms with E-state index in [-0.39, 0.29) is 22.2 Å². The van der Waals surface area contributed by atoms with Gasteiger partial charge in [-0.15, -0.1) is 11.3 Å². The molecule has 1 aromatic carbocycles. The van der Waals surface area contributed by atoms with Crippen molar-refractivity contribution in [1.29, 1.82) is 0 Å². The number of anilines is 2. The van der Waals surface area contributed by atoms with E-state index in [1.165, 1.54) is 29.5 Å². The lowest BCUT2D eigenvalue weighted by Gasteiger charge is -2.20. The Morgan fingerprint density at radius 1 is 1.09 bits per heavy atom. The quantitative estimate of drug-likeness (QED) is 0.500. The minimum atomic E-state index is -3.48. The Hall–Kier alpha value is -2.69. The van der Waals surface area contributed by atoms with Crippen LogP contribution < -0.4 is 14.8 Å². The van der Waals surface area contributed by atoms with E-state index in [1.54, 1.807) is 18.5 Å². The summed E-state index contributed by atoms with van der Waals surface area (Å²) in [4.78, 5) is 22.8. The molecule has 11 heteroatoms. The van der Waals surface area contributed by atoms with Crippen LogP contribution in [0.1, 0.15) is 35.3 Å². The van der Waals surface area contributed by atoms with Gasteiger partial charge in [-0.1, -0.05) is 11.6 Å². The highest BCUT2D eigenvalue weighted by molar-refractivity contribution is 7.92. The molecule has 0 saturated carbocycles. The van der Waals surface area contributed by atoms with E-state index in [9.17, 15) is 13.2 Å². The zero-order valence-corrected chi connectivity index (χ0v) is 20.6. The fourth-order valence-corrected chi connectivity index (χ4v) is 4.50. The average Bonchev–Trinajstić information content (AvgIpc) is 3.01. The molecule has 0 bridgehead atoms. The van der Waals surface area contributed by atoms with Crippen LogP contribution in [0.5, 0.6) is 5.75 Å². The van der Waals surface area contributed by atoms with Gasteiger partial charge < -0.3 is 10.1 Å². The van der Waals surface area contributed by atoms with Crippen molar-refractivity contribution >= 4 is 50.2 Å². The van der Waals surface area contributed by atoms with E-state index in [4.69, 9.17) is 16.3 Å². The summed E-state index contributed by atoms with van der Waals surface area (Å²) in [5.74, 6) is 0.692. The lowest BCUT2D eigenvalue weighted by Crippen LogP contribution is -2.23. The zero-order valence-electron chi connectivity index (χ0n) is 18.2. The number of nitrogens with one attached hydrogen (secondary N) is 2. The maximum atomic E-state index is 12.8. The molecule has 0 aliphatic heterocycles. The van der Waals surface area contributed by atoms with Gasteiger partial charge >= 0.3 is 0 Å². The molecule has 2 aromatic heterocycles. The highest BCUT2D eigenvalue weighted by Gasteiger charge is 2.17. The second-order valence-corrected chi connectivity index (χ2v) is 11.5. The first-order valence-electron chi connectivity index (χ1n) is 9.51. The summed E-state index contributed by atoms with van der Waals surface area (Å²) in [5, 5.41) is 3.02. The summed E-state index contributed by atoms with van der Waals surface area (Å²) in [5.41, 5.74) is 1.00. The number of amides is 1. The number of aromatic nitrogens is 2. The normalized spacial score (nSPS) is 11.8. The van der Waals surface area contributed by atoms with Crippen LogP contribution >= 0.6 is 22.9 Å². The molecule has 8 nitrogen and oxygen atoms in total. The van der Waals surface area contributed by atoms with Gasteiger partial charge in [-0.2, -0.15) is 0 Å². The Kier molecular flexibility index (Phi) is 6.77. The molecule has 0 aliphatic rings. The second kappa shape index (κ2) is 9.05. The standard InChI is InChI=1S/C21H23ClN4O4S2/c1-12-17(19-23-10-16(11-24-19)30-21(2,3)4)9-18(31-12)20(27)25-14-6-13(22)7-15(8-14)26-32(5,28)29/h6-11,26H,1-5H3,(H,25,27). The number of sulfonamides is 1. The highest BCUT2D eigenvalue weighted by atomic mass is 35.5. The van der Waals surface area contributed by atoms with Crippen molar-refractivity contribution in [3.63, 3.8) is 0 Å². The topological polar surface area (TPSA) is 110 Å². The van der Waals surface area contributed by atoms with Gasteiger partial charge in [0.15, 0.2) is 11.6 Å². The number of thiophene rings is 1. The van der Waals surface area contributed by atoms with Crippen LogP contribution in [0.25, 0.3) is 11.4 Å². The minimum Gasteiger partial charge on any atom is -0.485 e. The van der Waals surface area contributed by atoms with Crippen molar-refractivity contribution in [2.75, 3.05) is 16.3 Å². The molecule has 0 atom stereocenters. The van der Waals surface area contributed by atoms with Gasteiger partial charge in [0.05, 0.1) is 29.2 Å². The molecule has 0 aliphatic carbocycles. The molecule has 0 radical (unpaired) electrons. The van der Waals surface area contributed by atoms with Gasteiger partial charge in [0, 0.05) is 21.2 Å². The van der Waals surface area contributed by atoms with Crippen LogP contribution in [-0.2, 0) is 10.0 Å². The number of halogens is 1. The summed E-state index contributed by atoms with van der Waals surface area (Å²) in [6.45, 7) is 7.70. The number of ether oxygens (including phenoxy) is 1. The first-order chi connectivity index (χ1) is 14.8. The highest BCUT2D eigenvalue weighted by Crippen LogP contribution is 2.31. The van der Waals surface area contributed by atoms with Gasteiger partial charge in [0.1, 0.15) is 5.60 Å². The molecule has 3 rings (SSSR count). The van der Waals surface area contributed by atoms with Crippen molar-refractivity contribution < 1.29 is 17.9 Å². The molecular weight excluding hydrogens is 472 g/mol. The Balaban J connectivity index is 1.79. The van der Waals surface area contributed by atoms with Crippen molar-refractivity contribution in [2.45, 2.75) is 33.3 Å². The smallest absolute Gasteiger partial charge is 0.265 e. The van der Waals surface area contributed by atoms with E-state index in [2.05, 4.69) is 20.0 Å². The number of nitrogens with zero attached hydrogens (tertiary/aromatic N) is 2. The fraction of sp³-hybridized carbons (Fsp3) is 0.286. The molecule has 2 N–H and O–H groups in total. The Morgan fingerprint density at radius 2 is 1.72 bits per heavy atom. The van der Waals surface area contributed by atoms with Crippen molar-refractivity contribution in [2.24, 2.45) is 0 Å². The van der Waals surface area contributed by atoms with Gasteiger partial charge in [-0.3, -0.25) is 9.52 Å². The van der Waals surface area contributed by atoms with E-state index >= 15 is 0 Å². The molecule has 32 heavy (non-hydrogen) atoms. The van der Waals surface area contributed by atoms with Crippen LogP contribution in [0.4, 0.5) is 11.4 Å². The molecule has 0 saturated heterocycles. The van der Waals surface area contributed by atoms with Crippen molar-refractivity contribution in [3.05, 3.63) is 51.4 Å². The van der Waals surface area contributed by atoms with Crippen molar-refractivity contribution in [1.82, 2.24) is 9.97 Å².